The lowest BCUT2D eigenvalue weighted by Crippen LogP contribution is -2.05. The van der Waals surface area contributed by atoms with Crippen molar-refractivity contribution in [3.63, 3.8) is 0 Å². The molecule has 2 aromatic heterocycles. The molecule has 0 fully saturated rings. The number of ether oxygens (including phenoxy) is 2. The number of nitrogens with two attached hydrogens (primary N) is 1. The number of hydrogen-bond acceptors (Lipinski definition) is 7. The SMILES string of the molecule is CC(C)Oc1cccc(Oc2ncc(-c3cc(C(C)N)on3)s2)c1. The fourth-order valence-corrected chi connectivity index (χ4v) is 2.77. The quantitative estimate of drug-likeness (QED) is 0.713. The molecule has 2 heterocycles. The largest absolute Gasteiger partial charge is 0.491 e. The summed E-state index contributed by atoms with van der Waals surface area (Å²) >= 11 is 1.39. The first kappa shape index (κ1) is 16.5. The van der Waals surface area contributed by atoms with Crippen LogP contribution in [0.3, 0.4) is 0 Å². The van der Waals surface area contributed by atoms with E-state index in [9.17, 15) is 0 Å². The predicted molar refractivity (Wildman–Crippen MR) is 92.5 cm³/mol. The minimum absolute atomic E-state index is 0.109. The van der Waals surface area contributed by atoms with E-state index < -0.39 is 0 Å². The van der Waals surface area contributed by atoms with Crippen LogP contribution >= 0.6 is 11.3 Å². The van der Waals surface area contributed by atoms with E-state index in [1.54, 1.807) is 6.20 Å². The van der Waals surface area contributed by atoms with Crippen LogP contribution in [0.25, 0.3) is 10.6 Å². The van der Waals surface area contributed by atoms with Crippen LogP contribution in [-0.2, 0) is 0 Å². The molecule has 0 aliphatic heterocycles. The monoisotopic (exact) mass is 345 g/mol. The van der Waals surface area contributed by atoms with Gasteiger partial charge < -0.3 is 19.7 Å². The zero-order valence-corrected chi connectivity index (χ0v) is 14.5. The van der Waals surface area contributed by atoms with Crippen molar-refractivity contribution in [2.75, 3.05) is 0 Å². The molecule has 0 spiro atoms. The first-order chi connectivity index (χ1) is 11.5. The van der Waals surface area contributed by atoms with Crippen molar-refractivity contribution < 1.29 is 14.0 Å². The molecule has 1 atom stereocenters. The Morgan fingerprint density at radius 2 is 1.96 bits per heavy atom. The van der Waals surface area contributed by atoms with Crippen molar-refractivity contribution in [3.8, 4) is 27.3 Å². The highest BCUT2D eigenvalue weighted by Gasteiger charge is 2.13. The average molecular weight is 345 g/mol. The molecule has 1 unspecified atom stereocenters. The molecule has 6 nitrogen and oxygen atoms in total. The van der Waals surface area contributed by atoms with Gasteiger partial charge >= 0.3 is 0 Å². The molecule has 0 radical (unpaired) electrons. The lowest BCUT2D eigenvalue weighted by molar-refractivity contribution is 0.241. The summed E-state index contributed by atoms with van der Waals surface area (Å²) in [5.41, 5.74) is 6.48. The smallest absolute Gasteiger partial charge is 0.279 e. The van der Waals surface area contributed by atoms with Gasteiger partial charge in [-0.05, 0) is 32.9 Å². The molecule has 1 aromatic carbocycles. The van der Waals surface area contributed by atoms with E-state index in [-0.39, 0.29) is 12.1 Å². The van der Waals surface area contributed by atoms with Crippen LogP contribution in [0.1, 0.15) is 32.6 Å². The Hall–Kier alpha value is -2.38. The van der Waals surface area contributed by atoms with Crippen LogP contribution in [0, 0.1) is 0 Å². The van der Waals surface area contributed by atoms with Gasteiger partial charge in [0.05, 0.1) is 23.2 Å². The van der Waals surface area contributed by atoms with E-state index in [1.807, 2.05) is 51.1 Å². The first-order valence-electron chi connectivity index (χ1n) is 7.64. The van der Waals surface area contributed by atoms with E-state index in [4.69, 9.17) is 19.7 Å². The van der Waals surface area contributed by atoms with Crippen molar-refractivity contribution in [2.45, 2.75) is 32.9 Å². The van der Waals surface area contributed by atoms with E-state index in [1.165, 1.54) is 11.3 Å². The van der Waals surface area contributed by atoms with E-state index in [2.05, 4.69) is 10.1 Å². The molecule has 3 aromatic rings. The van der Waals surface area contributed by atoms with Crippen LogP contribution in [-0.4, -0.2) is 16.2 Å². The summed E-state index contributed by atoms with van der Waals surface area (Å²) < 4.78 is 16.7. The molecule has 0 aliphatic rings. The molecule has 0 bridgehead atoms. The van der Waals surface area contributed by atoms with E-state index >= 15 is 0 Å². The molecular formula is C17H19N3O3S. The van der Waals surface area contributed by atoms with Gasteiger partial charge in [0.25, 0.3) is 5.19 Å². The Morgan fingerprint density at radius 1 is 1.17 bits per heavy atom. The van der Waals surface area contributed by atoms with Gasteiger partial charge in [0, 0.05) is 12.1 Å². The minimum atomic E-state index is -0.196. The summed E-state index contributed by atoms with van der Waals surface area (Å²) in [7, 11) is 0. The van der Waals surface area contributed by atoms with Crippen molar-refractivity contribution in [2.24, 2.45) is 5.73 Å². The van der Waals surface area contributed by atoms with Crippen LogP contribution in [0.2, 0.25) is 0 Å². The number of thiazole rings is 1. The fourth-order valence-electron chi connectivity index (χ4n) is 2.03. The molecule has 24 heavy (non-hydrogen) atoms. The Kier molecular flexibility index (Phi) is 4.82. The Labute approximate surface area is 144 Å². The maximum Gasteiger partial charge on any atom is 0.279 e. The predicted octanol–water partition coefficient (Wildman–Crippen LogP) is 4.40. The summed E-state index contributed by atoms with van der Waals surface area (Å²) in [5.74, 6) is 2.07. The highest BCUT2D eigenvalue weighted by molar-refractivity contribution is 7.16. The van der Waals surface area contributed by atoms with Gasteiger partial charge in [-0.25, -0.2) is 4.98 Å². The zero-order chi connectivity index (χ0) is 17.1. The molecule has 0 aliphatic carbocycles. The number of hydrogen-bond donors (Lipinski definition) is 1. The molecule has 2 N–H and O–H groups in total. The molecule has 3 rings (SSSR count). The molecule has 0 saturated carbocycles. The standard InChI is InChI=1S/C17H19N3O3S/c1-10(2)21-12-5-4-6-13(7-12)22-17-19-9-16(24-17)14-8-15(11(3)18)23-20-14/h4-11H,18H2,1-3H3. The van der Waals surface area contributed by atoms with Gasteiger partial charge in [-0.1, -0.05) is 22.6 Å². The lowest BCUT2D eigenvalue weighted by atomic mass is 10.2. The van der Waals surface area contributed by atoms with Gasteiger partial charge in [-0.2, -0.15) is 0 Å². The van der Waals surface area contributed by atoms with Crippen LogP contribution in [0.15, 0.2) is 41.1 Å². The van der Waals surface area contributed by atoms with Crippen LogP contribution < -0.4 is 15.2 Å². The normalized spacial score (nSPS) is 12.4. The van der Waals surface area contributed by atoms with Crippen molar-refractivity contribution in [1.29, 1.82) is 0 Å². The van der Waals surface area contributed by atoms with E-state index in [0.717, 1.165) is 10.6 Å². The maximum atomic E-state index is 5.80. The van der Waals surface area contributed by atoms with Gasteiger partial charge in [0.2, 0.25) is 0 Å². The lowest BCUT2D eigenvalue weighted by Gasteiger charge is -2.10. The summed E-state index contributed by atoms with van der Waals surface area (Å²) in [5, 5.41) is 4.54. The van der Waals surface area contributed by atoms with Gasteiger partial charge in [0.1, 0.15) is 17.2 Å². The number of aromatic nitrogens is 2. The second-order valence-corrected chi connectivity index (χ2v) is 6.63. The van der Waals surface area contributed by atoms with Gasteiger partial charge in [-0.3, -0.25) is 0 Å². The Morgan fingerprint density at radius 3 is 2.67 bits per heavy atom. The third-order valence-corrected chi connectivity index (χ3v) is 3.99. The summed E-state index contributed by atoms with van der Waals surface area (Å²) in [4.78, 5) is 5.13. The second-order valence-electron chi connectivity index (χ2n) is 5.64. The number of nitrogens with zero attached hydrogens (tertiary/aromatic N) is 2. The summed E-state index contributed by atoms with van der Waals surface area (Å²) in [6, 6.07) is 9.10. The Balaban J connectivity index is 1.74. The number of rotatable bonds is 6. The molecule has 0 saturated heterocycles. The molecule has 7 heteroatoms. The summed E-state index contributed by atoms with van der Waals surface area (Å²) in [6.45, 7) is 5.81. The third kappa shape index (κ3) is 3.93. The molecule has 126 valence electrons. The highest BCUT2D eigenvalue weighted by Crippen LogP contribution is 2.34. The van der Waals surface area contributed by atoms with Gasteiger partial charge in [-0.15, -0.1) is 0 Å². The maximum absolute atomic E-state index is 5.80. The average Bonchev–Trinajstić information content (AvgIpc) is 3.15. The number of benzene rings is 1. The first-order valence-corrected chi connectivity index (χ1v) is 8.46. The molecule has 0 amide bonds. The minimum Gasteiger partial charge on any atom is -0.491 e. The van der Waals surface area contributed by atoms with Crippen molar-refractivity contribution in [3.05, 3.63) is 42.3 Å². The third-order valence-electron chi connectivity index (χ3n) is 3.10. The summed E-state index contributed by atoms with van der Waals surface area (Å²) in [6.07, 6.45) is 1.81. The zero-order valence-electron chi connectivity index (χ0n) is 13.7. The van der Waals surface area contributed by atoms with Gasteiger partial charge in [0.15, 0.2) is 5.76 Å². The van der Waals surface area contributed by atoms with Crippen LogP contribution in [0.5, 0.6) is 16.7 Å². The van der Waals surface area contributed by atoms with E-state index in [0.29, 0.717) is 22.4 Å². The topological polar surface area (TPSA) is 83.4 Å². The molecular weight excluding hydrogens is 326 g/mol. The van der Waals surface area contributed by atoms with Crippen molar-refractivity contribution in [1.82, 2.24) is 10.1 Å². The van der Waals surface area contributed by atoms with Crippen LogP contribution in [0.4, 0.5) is 0 Å². The Bertz CT molecular complexity index is 811. The van der Waals surface area contributed by atoms with Crippen molar-refractivity contribution >= 4 is 11.3 Å². The highest BCUT2D eigenvalue weighted by atomic mass is 32.1. The fraction of sp³-hybridized carbons (Fsp3) is 0.294. The second kappa shape index (κ2) is 7.02.